The van der Waals surface area contributed by atoms with Crippen LogP contribution in [0.1, 0.15) is 16.7 Å². The average molecular weight is 798 g/mol. The summed E-state index contributed by atoms with van der Waals surface area (Å²) in [5, 5.41) is 3.48. The molecule has 6 heteroatoms. The van der Waals surface area contributed by atoms with E-state index in [0.29, 0.717) is 0 Å². The second-order valence-corrected chi connectivity index (χ2v) is 11.5. The van der Waals surface area contributed by atoms with E-state index in [-0.39, 0.29) is 20.1 Å². The molecule has 0 atom stereocenters. The molecule has 1 radical (unpaired) electrons. The number of rotatable bonds is 4. The van der Waals surface area contributed by atoms with Gasteiger partial charge in [0.05, 0.1) is 29.3 Å². The van der Waals surface area contributed by atoms with Crippen molar-refractivity contribution in [1.29, 1.82) is 0 Å². The van der Waals surface area contributed by atoms with Crippen LogP contribution in [0.4, 0.5) is 0 Å². The van der Waals surface area contributed by atoms with Crippen molar-refractivity contribution >= 4 is 21.7 Å². The molecular weight excluding hydrogens is 767 g/mol. The van der Waals surface area contributed by atoms with Gasteiger partial charge >= 0.3 is 0 Å². The van der Waals surface area contributed by atoms with Gasteiger partial charge in [-0.05, 0) is 72.8 Å². The Balaban J connectivity index is 0.000000260. The van der Waals surface area contributed by atoms with Gasteiger partial charge < -0.3 is 9.97 Å². The second kappa shape index (κ2) is 14.6. The minimum absolute atomic E-state index is 0. The summed E-state index contributed by atoms with van der Waals surface area (Å²) >= 11 is 0. The summed E-state index contributed by atoms with van der Waals surface area (Å²) in [5.41, 5.74) is 12.0. The van der Waals surface area contributed by atoms with Crippen LogP contribution in [0, 0.1) is 32.9 Å². The summed E-state index contributed by atoms with van der Waals surface area (Å²) in [7, 11) is 0. The van der Waals surface area contributed by atoms with Crippen molar-refractivity contribution in [2.24, 2.45) is 0 Å². The number of pyridine rings is 3. The molecule has 0 amide bonds. The van der Waals surface area contributed by atoms with E-state index < -0.39 is 0 Å². The first-order valence-corrected chi connectivity index (χ1v) is 15.5. The Morgan fingerprint density at radius 1 is 0.500 bits per heavy atom. The van der Waals surface area contributed by atoms with Crippen LogP contribution in [0.2, 0.25) is 0 Å². The van der Waals surface area contributed by atoms with Crippen molar-refractivity contribution in [1.82, 2.24) is 24.9 Å². The smallest absolute Gasteiger partial charge is 0.0899 e. The van der Waals surface area contributed by atoms with Crippen LogP contribution < -0.4 is 0 Å². The molecule has 4 aromatic heterocycles. The number of hydrogen-bond acceptors (Lipinski definition) is 5. The predicted octanol–water partition coefficient (Wildman–Crippen LogP) is 9.85. The number of nitrogens with zero attached hydrogens (tertiary/aromatic N) is 5. The Morgan fingerprint density at radius 3 is 2.10 bits per heavy atom. The molecule has 0 aliphatic rings. The van der Waals surface area contributed by atoms with Gasteiger partial charge in [-0.1, -0.05) is 53.1 Å². The van der Waals surface area contributed by atoms with Crippen molar-refractivity contribution in [3.05, 3.63) is 163 Å². The Labute approximate surface area is 294 Å². The van der Waals surface area contributed by atoms with E-state index >= 15 is 0 Å². The fourth-order valence-electron chi connectivity index (χ4n) is 5.62. The number of benzene rings is 4. The summed E-state index contributed by atoms with van der Waals surface area (Å²) in [6, 6.07) is 41.1. The zero-order valence-electron chi connectivity index (χ0n) is 26.8. The Kier molecular flexibility index (Phi) is 9.86. The summed E-state index contributed by atoms with van der Waals surface area (Å²) in [4.78, 5) is 23.1. The molecule has 48 heavy (non-hydrogen) atoms. The molecule has 0 bridgehead atoms. The molecule has 0 fully saturated rings. The van der Waals surface area contributed by atoms with Crippen LogP contribution in [-0.2, 0) is 20.1 Å². The zero-order valence-corrected chi connectivity index (χ0v) is 29.2. The van der Waals surface area contributed by atoms with Crippen LogP contribution in [0.3, 0.4) is 0 Å². The second-order valence-electron chi connectivity index (χ2n) is 11.5. The Hall–Kier alpha value is -5.42. The van der Waals surface area contributed by atoms with Crippen molar-refractivity contribution in [3.63, 3.8) is 0 Å². The standard InChI is InChI=1S/C31H23N4.C11H8N.Ir/c1-19-7-8-24-25(11-19)27(15-29-26(24)12-21(3)16-34-29)31-18-32-17-30(35-31)23-6-4-5-22(14-23)28-13-20(2)9-10-33-28;1-2-6-10(7-3-1)11-8-4-5-9-12-11;/h4,6-18H,1-3H3;1-6,8-9H;/q2*-1;. The molecular formula is C42H31IrN5-2. The summed E-state index contributed by atoms with van der Waals surface area (Å²) in [6.45, 7) is 6.26. The molecule has 0 saturated carbocycles. The molecule has 4 heterocycles. The largest absolute Gasteiger partial charge is 0.305 e. The molecule has 0 aliphatic heterocycles. The van der Waals surface area contributed by atoms with Gasteiger partial charge in [-0.3, -0.25) is 9.97 Å². The Morgan fingerprint density at radius 2 is 1.29 bits per heavy atom. The van der Waals surface area contributed by atoms with Gasteiger partial charge in [-0.2, -0.15) is 0 Å². The third kappa shape index (κ3) is 7.11. The van der Waals surface area contributed by atoms with Crippen LogP contribution >= 0.6 is 0 Å². The molecule has 235 valence electrons. The van der Waals surface area contributed by atoms with Gasteiger partial charge in [0.25, 0.3) is 0 Å². The summed E-state index contributed by atoms with van der Waals surface area (Å²) in [5.74, 6) is 0. The van der Waals surface area contributed by atoms with Gasteiger partial charge in [0.2, 0.25) is 0 Å². The van der Waals surface area contributed by atoms with E-state index in [4.69, 9.17) is 9.97 Å². The maximum absolute atomic E-state index is 5.05. The van der Waals surface area contributed by atoms with Crippen molar-refractivity contribution in [2.75, 3.05) is 0 Å². The topological polar surface area (TPSA) is 64.5 Å². The molecule has 0 unspecified atom stereocenters. The fraction of sp³-hybridized carbons (Fsp3) is 0.0714. The third-order valence-corrected chi connectivity index (χ3v) is 7.94. The van der Waals surface area contributed by atoms with E-state index in [9.17, 15) is 0 Å². The summed E-state index contributed by atoms with van der Waals surface area (Å²) in [6.07, 6.45) is 9.17. The number of fused-ring (bicyclic) bond motifs is 3. The third-order valence-electron chi connectivity index (χ3n) is 7.94. The monoisotopic (exact) mass is 798 g/mol. The first-order valence-electron chi connectivity index (χ1n) is 15.5. The average Bonchev–Trinajstić information content (AvgIpc) is 3.12. The molecule has 0 aliphatic carbocycles. The van der Waals surface area contributed by atoms with Gasteiger partial charge in [0, 0.05) is 49.6 Å². The maximum Gasteiger partial charge on any atom is 0.0899 e. The van der Waals surface area contributed by atoms with Gasteiger partial charge in [-0.15, -0.1) is 65.7 Å². The van der Waals surface area contributed by atoms with Gasteiger partial charge in [0.1, 0.15) is 0 Å². The van der Waals surface area contributed by atoms with E-state index in [1.54, 1.807) is 6.20 Å². The van der Waals surface area contributed by atoms with Gasteiger partial charge in [0.15, 0.2) is 0 Å². The number of hydrogen-bond donors (Lipinski definition) is 0. The zero-order chi connectivity index (χ0) is 32.2. The molecule has 4 aromatic carbocycles. The molecule has 0 spiro atoms. The molecule has 8 rings (SSSR count). The molecule has 8 aromatic rings. The van der Waals surface area contributed by atoms with Gasteiger partial charge in [-0.25, -0.2) is 4.98 Å². The quantitative estimate of drug-likeness (QED) is 0.131. The van der Waals surface area contributed by atoms with Crippen molar-refractivity contribution < 1.29 is 20.1 Å². The fourth-order valence-corrected chi connectivity index (χ4v) is 5.62. The number of aryl methyl sites for hydroxylation is 3. The van der Waals surface area contributed by atoms with Crippen LogP contribution in [-0.4, -0.2) is 24.9 Å². The van der Waals surface area contributed by atoms with E-state index in [1.807, 2.05) is 85.5 Å². The normalized spacial score (nSPS) is 10.6. The van der Waals surface area contributed by atoms with E-state index in [0.717, 1.165) is 72.4 Å². The Bertz CT molecular complexity index is 2300. The van der Waals surface area contributed by atoms with Crippen molar-refractivity contribution in [3.8, 4) is 45.0 Å². The SMILES string of the molecule is Cc1ccnc(-c2[c-]ccc(-c3cncc(-c4cc5ncc(C)cc5c5ccc(C)cc45)n3)c2)c1.[Ir].[c-]1ccccc1-c1ccccn1. The predicted molar refractivity (Wildman–Crippen MR) is 190 cm³/mol. The maximum atomic E-state index is 5.05. The first-order chi connectivity index (χ1) is 23.0. The number of aromatic nitrogens is 5. The minimum Gasteiger partial charge on any atom is -0.305 e. The molecule has 5 nitrogen and oxygen atoms in total. The van der Waals surface area contributed by atoms with Crippen LogP contribution in [0.25, 0.3) is 66.7 Å². The molecule has 0 N–H and O–H groups in total. The molecule has 0 saturated heterocycles. The van der Waals surface area contributed by atoms with Crippen molar-refractivity contribution in [2.45, 2.75) is 20.8 Å². The van der Waals surface area contributed by atoms with E-state index in [2.05, 4.69) is 90.3 Å². The van der Waals surface area contributed by atoms with Crippen LogP contribution in [0.5, 0.6) is 0 Å². The minimum atomic E-state index is 0. The summed E-state index contributed by atoms with van der Waals surface area (Å²) < 4.78 is 0. The first kappa shape index (κ1) is 32.5. The van der Waals surface area contributed by atoms with Crippen LogP contribution in [0.15, 0.2) is 134 Å². The van der Waals surface area contributed by atoms with E-state index in [1.165, 1.54) is 10.9 Å².